The van der Waals surface area contributed by atoms with Crippen LogP contribution >= 0.6 is 0 Å². The molecule has 2 unspecified atom stereocenters. The summed E-state index contributed by atoms with van der Waals surface area (Å²) in [4.78, 5) is 2.17. The summed E-state index contributed by atoms with van der Waals surface area (Å²) in [5.41, 5.74) is 2.26. The smallest absolute Gasteiger partial charge is 0.144 e. The average molecular weight is 522 g/mol. The van der Waals surface area contributed by atoms with E-state index in [1.807, 2.05) is 49.5 Å². The second-order valence-electron chi connectivity index (χ2n) is 8.26. The van der Waals surface area contributed by atoms with E-state index >= 15 is 0 Å². The number of aliphatic hydroxyl groups excluding tert-OH is 1. The third-order valence-electron chi connectivity index (χ3n) is 6.38. The van der Waals surface area contributed by atoms with Gasteiger partial charge in [-0.2, -0.15) is 0 Å². The summed E-state index contributed by atoms with van der Waals surface area (Å²) in [7, 11) is 5.38. The summed E-state index contributed by atoms with van der Waals surface area (Å²) < 4.78 is 17.9. The monoisotopic (exact) mass is 522 g/mol. The van der Waals surface area contributed by atoms with E-state index in [-0.39, 0.29) is 51.5 Å². The molecule has 1 heterocycles. The van der Waals surface area contributed by atoms with Gasteiger partial charge in [0, 0.05) is 45.3 Å². The van der Waals surface area contributed by atoms with Crippen LogP contribution in [0.15, 0.2) is 78.9 Å². The van der Waals surface area contributed by atoms with E-state index in [2.05, 4.69) is 41.3 Å². The molecule has 0 spiro atoms. The topological polar surface area (TPSA) is 51.2 Å². The Kier molecular flexibility index (Phi) is 9.08. The van der Waals surface area contributed by atoms with E-state index < -0.39 is 5.60 Å². The molecule has 1 saturated heterocycles. The maximum Gasteiger partial charge on any atom is 0.144 e. The first-order valence-corrected chi connectivity index (χ1v) is 10.9. The van der Waals surface area contributed by atoms with E-state index in [4.69, 9.17) is 14.2 Å². The molecule has 0 bridgehead atoms. The van der Waals surface area contributed by atoms with Crippen LogP contribution in [0.1, 0.15) is 23.1 Å². The van der Waals surface area contributed by atoms with Crippen molar-refractivity contribution in [3.63, 3.8) is 0 Å². The van der Waals surface area contributed by atoms with Crippen LogP contribution < -0.4 is 9.47 Å². The SMILES string of the molecule is COc1ccc(C(OC2CC(CO)N(C)C2)(c2ccccc2)c2ccc(OC)cc2)cc1.[Y]. The molecule has 6 heteroatoms. The Morgan fingerprint density at radius 1 is 0.818 bits per heavy atom. The maximum atomic E-state index is 9.79. The summed E-state index contributed by atoms with van der Waals surface area (Å²) in [5, 5.41) is 9.79. The first kappa shape index (κ1) is 25.9. The van der Waals surface area contributed by atoms with Crippen LogP contribution in [0.5, 0.6) is 11.5 Å². The molecule has 0 aliphatic carbocycles. The number of hydrogen-bond donors (Lipinski definition) is 1. The van der Waals surface area contributed by atoms with Crippen molar-refractivity contribution in [2.24, 2.45) is 0 Å². The van der Waals surface area contributed by atoms with Crippen LogP contribution in [0, 0.1) is 0 Å². The minimum Gasteiger partial charge on any atom is -0.497 e. The fourth-order valence-corrected chi connectivity index (χ4v) is 4.61. The molecule has 171 valence electrons. The van der Waals surface area contributed by atoms with E-state index in [0.717, 1.165) is 41.2 Å². The Hall–Kier alpha value is -1.76. The minimum absolute atomic E-state index is 0. The molecule has 5 nitrogen and oxygen atoms in total. The van der Waals surface area contributed by atoms with Crippen molar-refractivity contribution in [3.05, 3.63) is 95.6 Å². The first-order chi connectivity index (χ1) is 15.6. The second kappa shape index (κ2) is 11.6. The van der Waals surface area contributed by atoms with Crippen molar-refractivity contribution in [2.45, 2.75) is 24.2 Å². The molecule has 3 aromatic rings. The standard InChI is InChI=1S/C27H31NO4.Y/c1-28-18-26(17-23(28)19-29)32-27(20-7-5-4-6-8-20,21-9-13-24(30-2)14-10-21)22-11-15-25(31-3)16-12-22;/h4-16,23,26,29H,17-19H2,1-3H3;. The number of benzene rings is 3. The predicted octanol–water partition coefficient (Wildman–Crippen LogP) is 4.07. The van der Waals surface area contributed by atoms with Crippen molar-refractivity contribution >= 4 is 0 Å². The quantitative estimate of drug-likeness (QED) is 0.452. The van der Waals surface area contributed by atoms with Gasteiger partial charge in [0.25, 0.3) is 0 Å². The fourth-order valence-electron chi connectivity index (χ4n) is 4.61. The molecule has 1 N–H and O–H groups in total. The molecular weight excluding hydrogens is 491 g/mol. The van der Waals surface area contributed by atoms with Crippen LogP contribution in [0.4, 0.5) is 0 Å². The average Bonchev–Trinajstić information content (AvgIpc) is 3.22. The molecule has 0 amide bonds. The second-order valence-corrected chi connectivity index (χ2v) is 8.26. The van der Waals surface area contributed by atoms with Gasteiger partial charge in [0.05, 0.1) is 26.9 Å². The number of hydrogen-bond acceptors (Lipinski definition) is 5. The third kappa shape index (κ3) is 5.34. The van der Waals surface area contributed by atoms with Gasteiger partial charge < -0.3 is 19.3 Å². The molecular formula is C27H31NO4Y. The van der Waals surface area contributed by atoms with Gasteiger partial charge in [-0.15, -0.1) is 0 Å². The first-order valence-electron chi connectivity index (χ1n) is 10.9. The number of likely N-dealkylation sites (N-methyl/N-ethyl adjacent to an activating group) is 1. The molecule has 33 heavy (non-hydrogen) atoms. The minimum atomic E-state index is -0.824. The Morgan fingerprint density at radius 2 is 1.30 bits per heavy atom. The van der Waals surface area contributed by atoms with Gasteiger partial charge in [0.1, 0.15) is 17.1 Å². The number of likely N-dealkylation sites (tertiary alicyclic amines) is 1. The van der Waals surface area contributed by atoms with Crippen molar-refractivity contribution in [1.29, 1.82) is 0 Å². The third-order valence-corrected chi connectivity index (χ3v) is 6.38. The van der Waals surface area contributed by atoms with Gasteiger partial charge >= 0.3 is 0 Å². The van der Waals surface area contributed by atoms with Crippen LogP contribution in [0.2, 0.25) is 0 Å². The van der Waals surface area contributed by atoms with Gasteiger partial charge in [-0.1, -0.05) is 54.6 Å². The van der Waals surface area contributed by atoms with E-state index in [0.29, 0.717) is 0 Å². The van der Waals surface area contributed by atoms with Gasteiger partial charge in [0.2, 0.25) is 0 Å². The molecule has 4 rings (SSSR count). The van der Waals surface area contributed by atoms with Crippen molar-refractivity contribution in [2.75, 3.05) is 34.4 Å². The van der Waals surface area contributed by atoms with Gasteiger partial charge in [-0.05, 0) is 54.4 Å². The van der Waals surface area contributed by atoms with E-state index in [1.165, 1.54) is 0 Å². The zero-order chi connectivity index (χ0) is 22.6. The Morgan fingerprint density at radius 3 is 1.73 bits per heavy atom. The zero-order valence-corrected chi connectivity index (χ0v) is 22.3. The summed E-state index contributed by atoms with van der Waals surface area (Å²) in [6.45, 7) is 0.881. The fraction of sp³-hybridized carbons (Fsp3) is 0.333. The van der Waals surface area contributed by atoms with E-state index in [1.54, 1.807) is 14.2 Å². The molecule has 2 atom stereocenters. The van der Waals surface area contributed by atoms with Crippen molar-refractivity contribution in [1.82, 2.24) is 4.90 Å². The number of rotatable bonds is 8. The molecule has 1 aliphatic rings. The molecule has 1 fully saturated rings. The largest absolute Gasteiger partial charge is 0.497 e. The predicted molar refractivity (Wildman–Crippen MR) is 125 cm³/mol. The van der Waals surface area contributed by atoms with Crippen molar-refractivity contribution in [3.8, 4) is 11.5 Å². The number of methoxy groups -OCH3 is 2. The van der Waals surface area contributed by atoms with Crippen molar-refractivity contribution < 1.29 is 52.0 Å². The Bertz CT molecular complexity index is 947. The molecule has 1 radical (unpaired) electrons. The summed E-state index contributed by atoms with van der Waals surface area (Å²) in [5.74, 6) is 1.60. The molecule has 3 aromatic carbocycles. The van der Waals surface area contributed by atoms with Crippen LogP contribution in [-0.4, -0.2) is 56.6 Å². The van der Waals surface area contributed by atoms with Gasteiger partial charge in [-0.3, -0.25) is 4.90 Å². The normalized spacial score (nSPS) is 18.5. The summed E-state index contributed by atoms with van der Waals surface area (Å²) in [6, 6.07) is 26.6. The molecule has 0 saturated carbocycles. The summed E-state index contributed by atoms with van der Waals surface area (Å²) >= 11 is 0. The Labute approximate surface area is 221 Å². The van der Waals surface area contributed by atoms with Crippen LogP contribution in [-0.2, 0) is 43.0 Å². The molecule has 1 aliphatic heterocycles. The zero-order valence-electron chi connectivity index (χ0n) is 19.5. The maximum absolute atomic E-state index is 9.79. The van der Waals surface area contributed by atoms with Crippen LogP contribution in [0.25, 0.3) is 0 Å². The molecule has 0 aromatic heterocycles. The Balaban J connectivity index is 0.00000306. The number of ether oxygens (including phenoxy) is 3. The van der Waals surface area contributed by atoms with E-state index in [9.17, 15) is 5.11 Å². The number of aliphatic hydroxyl groups is 1. The summed E-state index contributed by atoms with van der Waals surface area (Å²) in [6.07, 6.45) is 0.731. The van der Waals surface area contributed by atoms with Gasteiger partial charge in [-0.25, -0.2) is 0 Å². The van der Waals surface area contributed by atoms with Crippen LogP contribution in [0.3, 0.4) is 0 Å². The van der Waals surface area contributed by atoms with Gasteiger partial charge in [0.15, 0.2) is 0 Å². The number of nitrogens with zero attached hydrogens (tertiary/aromatic N) is 1.